The van der Waals surface area contributed by atoms with E-state index in [1.54, 1.807) is 36.8 Å². The van der Waals surface area contributed by atoms with Crippen LogP contribution in [-0.2, 0) is 0 Å². The predicted molar refractivity (Wildman–Crippen MR) is 91.6 cm³/mol. The highest BCUT2D eigenvalue weighted by atomic mass is 16.5. The van der Waals surface area contributed by atoms with Crippen molar-refractivity contribution >= 4 is 11.9 Å². The van der Waals surface area contributed by atoms with Crippen LogP contribution in [0.4, 0.5) is 5.95 Å². The molecule has 25 heavy (non-hydrogen) atoms. The van der Waals surface area contributed by atoms with E-state index in [-0.39, 0.29) is 12.5 Å². The minimum absolute atomic E-state index is 0.135. The molecule has 0 unspecified atom stereocenters. The van der Waals surface area contributed by atoms with Crippen LogP contribution in [0.1, 0.15) is 23.7 Å². The summed E-state index contributed by atoms with van der Waals surface area (Å²) in [6, 6.07) is 5.07. The number of nitrogens with one attached hydrogen (secondary N) is 1. The first kappa shape index (κ1) is 17.1. The maximum Gasteiger partial charge on any atom is 0.256 e. The molecular weight excluding hydrogens is 322 g/mol. The van der Waals surface area contributed by atoms with Gasteiger partial charge >= 0.3 is 0 Å². The van der Waals surface area contributed by atoms with Crippen LogP contribution >= 0.6 is 0 Å². The summed E-state index contributed by atoms with van der Waals surface area (Å²) >= 11 is 0. The Bertz CT molecular complexity index is 727. The number of hydrogen-bond donors (Lipinski definition) is 2. The second kappa shape index (κ2) is 7.43. The number of anilines is 1. The van der Waals surface area contributed by atoms with E-state index in [0.29, 0.717) is 43.5 Å². The van der Waals surface area contributed by atoms with Gasteiger partial charge in [-0.25, -0.2) is 15.0 Å². The van der Waals surface area contributed by atoms with E-state index in [1.165, 1.54) is 0 Å². The Morgan fingerprint density at radius 2 is 2.08 bits per heavy atom. The smallest absolute Gasteiger partial charge is 0.256 e. The van der Waals surface area contributed by atoms with Gasteiger partial charge in [0.05, 0.1) is 13.2 Å². The first-order valence-corrected chi connectivity index (χ1v) is 8.22. The Morgan fingerprint density at radius 3 is 2.84 bits per heavy atom. The molecule has 3 rings (SSSR count). The Morgan fingerprint density at radius 1 is 1.32 bits per heavy atom. The first-order valence-electron chi connectivity index (χ1n) is 8.22. The van der Waals surface area contributed by atoms with E-state index in [2.05, 4.69) is 20.3 Å². The van der Waals surface area contributed by atoms with Gasteiger partial charge in [-0.3, -0.25) is 4.79 Å². The molecule has 1 fully saturated rings. The summed E-state index contributed by atoms with van der Waals surface area (Å²) in [6.07, 6.45) is 5.43. The van der Waals surface area contributed by atoms with Gasteiger partial charge in [0, 0.05) is 31.7 Å². The van der Waals surface area contributed by atoms with E-state index < -0.39 is 5.60 Å². The molecule has 1 amide bonds. The number of aromatic nitrogens is 3. The third-order valence-corrected chi connectivity index (χ3v) is 4.04. The Labute approximate surface area is 145 Å². The van der Waals surface area contributed by atoms with Crippen molar-refractivity contribution in [3.63, 3.8) is 0 Å². The van der Waals surface area contributed by atoms with Crippen LogP contribution in [0.5, 0.6) is 5.88 Å². The Balaban J connectivity index is 1.61. The quantitative estimate of drug-likeness (QED) is 0.794. The Hall–Kier alpha value is -2.74. The topological polar surface area (TPSA) is 100 Å². The van der Waals surface area contributed by atoms with Crippen LogP contribution in [0, 0.1) is 0 Å². The number of nitrogens with zero attached hydrogens (tertiary/aromatic N) is 4. The fraction of sp³-hybridized carbons (Fsp3) is 0.412. The normalized spacial score (nSPS) is 19.7. The molecule has 0 bridgehead atoms. The second-order valence-corrected chi connectivity index (χ2v) is 5.92. The molecule has 2 N–H and O–H groups in total. The van der Waals surface area contributed by atoms with Gasteiger partial charge in [0.25, 0.3) is 5.91 Å². The van der Waals surface area contributed by atoms with Crippen molar-refractivity contribution in [2.45, 2.75) is 18.9 Å². The average Bonchev–Trinajstić information content (AvgIpc) is 3.04. The van der Waals surface area contributed by atoms with Gasteiger partial charge in [-0.2, -0.15) is 0 Å². The largest absolute Gasteiger partial charge is 0.477 e. The first-order chi connectivity index (χ1) is 12.1. The standard InChI is InChI=1S/C17H21N5O3/c1-2-25-15-13(5-3-7-18-15)14(23)21-11-17(24)6-10-22(12-17)16-19-8-4-9-20-16/h3-5,7-9,24H,2,6,10-12H2,1H3,(H,21,23)/t17-/m0/s1. The van der Waals surface area contributed by atoms with E-state index in [1.807, 2.05) is 11.8 Å². The van der Waals surface area contributed by atoms with Gasteiger partial charge in [0.2, 0.25) is 11.8 Å². The van der Waals surface area contributed by atoms with Crippen LogP contribution in [-0.4, -0.2) is 57.8 Å². The molecule has 8 nitrogen and oxygen atoms in total. The van der Waals surface area contributed by atoms with Crippen molar-refractivity contribution in [3.8, 4) is 5.88 Å². The number of pyridine rings is 1. The van der Waals surface area contributed by atoms with Gasteiger partial charge in [-0.05, 0) is 31.5 Å². The molecule has 1 atom stereocenters. The van der Waals surface area contributed by atoms with Crippen molar-refractivity contribution in [1.82, 2.24) is 20.3 Å². The molecular formula is C17H21N5O3. The van der Waals surface area contributed by atoms with Crippen LogP contribution in [0.25, 0.3) is 0 Å². The summed E-state index contributed by atoms with van der Waals surface area (Å²) in [5, 5.41) is 13.5. The minimum atomic E-state index is -1.02. The number of carbonyl (C=O) groups excluding carboxylic acids is 1. The Kier molecular flexibility index (Phi) is 5.08. The molecule has 0 spiro atoms. The number of rotatable bonds is 6. The number of carbonyl (C=O) groups is 1. The number of amides is 1. The van der Waals surface area contributed by atoms with Crippen molar-refractivity contribution in [2.24, 2.45) is 0 Å². The van der Waals surface area contributed by atoms with Crippen LogP contribution < -0.4 is 15.0 Å². The van der Waals surface area contributed by atoms with Crippen LogP contribution in [0.15, 0.2) is 36.8 Å². The van der Waals surface area contributed by atoms with Crippen molar-refractivity contribution in [1.29, 1.82) is 0 Å². The zero-order valence-corrected chi connectivity index (χ0v) is 14.1. The number of β-amino-alcohol motifs (C(OH)–C–C–N with tert-alkyl or cyclic N) is 1. The molecule has 132 valence electrons. The number of hydrogen-bond acceptors (Lipinski definition) is 7. The molecule has 8 heteroatoms. The maximum atomic E-state index is 12.4. The highest BCUT2D eigenvalue weighted by Crippen LogP contribution is 2.24. The minimum Gasteiger partial charge on any atom is -0.477 e. The molecule has 2 aromatic rings. The summed E-state index contributed by atoms with van der Waals surface area (Å²) in [6.45, 7) is 3.39. The number of aliphatic hydroxyl groups is 1. The van der Waals surface area contributed by atoms with Crippen LogP contribution in [0.2, 0.25) is 0 Å². The SMILES string of the molecule is CCOc1ncccc1C(=O)NC[C@@]1(O)CCN(c2ncccn2)C1. The highest BCUT2D eigenvalue weighted by Gasteiger charge is 2.37. The third kappa shape index (κ3) is 4.03. The molecule has 0 radical (unpaired) electrons. The third-order valence-electron chi connectivity index (χ3n) is 4.04. The molecule has 0 aliphatic carbocycles. The number of ether oxygens (including phenoxy) is 1. The highest BCUT2D eigenvalue weighted by molar-refractivity contribution is 5.96. The van der Waals surface area contributed by atoms with E-state index in [9.17, 15) is 9.90 Å². The van der Waals surface area contributed by atoms with Gasteiger partial charge < -0.3 is 20.1 Å². The van der Waals surface area contributed by atoms with Gasteiger partial charge in [0.1, 0.15) is 11.2 Å². The van der Waals surface area contributed by atoms with E-state index in [0.717, 1.165) is 0 Å². The zero-order valence-electron chi connectivity index (χ0n) is 14.1. The zero-order chi connectivity index (χ0) is 17.7. The summed E-state index contributed by atoms with van der Waals surface area (Å²) in [4.78, 5) is 26.8. The van der Waals surface area contributed by atoms with Gasteiger partial charge in [0.15, 0.2) is 0 Å². The summed E-state index contributed by atoms with van der Waals surface area (Å²) in [7, 11) is 0. The monoisotopic (exact) mass is 343 g/mol. The lowest BCUT2D eigenvalue weighted by Crippen LogP contribution is -2.45. The fourth-order valence-electron chi connectivity index (χ4n) is 2.78. The molecule has 0 aromatic carbocycles. The maximum absolute atomic E-state index is 12.4. The van der Waals surface area contributed by atoms with Gasteiger partial charge in [-0.1, -0.05) is 0 Å². The second-order valence-electron chi connectivity index (χ2n) is 5.92. The summed E-state index contributed by atoms with van der Waals surface area (Å²) in [5.41, 5.74) is -0.669. The molecule has 1 saturated heterocycles. The lowest BCUT2D eigenvalue weighted by Gasteiger charge is -2.23. The van der Waals surface area contributed by atoms with Crippen LogP contribution in [0.3, 0.4) is 0 Å². The van der Waals surface area contributed by atoms with E-state index >= 15 is 0 Å². The van der Waals surface area contributed by atoms with Crippen molar-refractivity contribution < 1.29 is 14.6 Å². The van der Waals surface area contributed by atoms with Crippen molar-refractivity contribution in [2.75, 3.05) is 31.1 Å². The molecule has 3 heterocycles. The lowest BCUT2D eigenvalue weighted by atomic mass is 10.0. The molecule has 0 saturated carbocycles. The summed E-state index contributed by atoms with van der Waals surface area (Å²) < 4.78 is 5.37. The predicted octanol–water partition coefficient (Wildman–Crippen LogP) is 0.641. The molecule has 1 aliphatic heterocycles. The van der Waals surface area contributed by atoms with E-state index in [4.69, 9.17) is 4.74 Å². The van der Waals surface area contributed by atoms with Crippen molar-refractivity contribution in [3.05, 3.63) is 42.4 Å². The average molecular weight is 343 g/mol. The molecule has 1 aliphatic rings. The lowest BCUT2D eigenvalue weighted by molar-refractivity contribution is 0.0574. The van der Waals surface area contributed by atoms with Gasteiger partial charge in [-0.15, -0.1) is 0 Å². The molecule has 2 aromatic heterocycles. The fourth-order valence-corrected chi connectivity index (χ4v) is 2.78. The summed E-state index contributed by atoms with van der Waals surface area (Å²) in [5.74, 6) is 0.551.